The highest BCUT2D eigenvalue weighted by atomic mass is 16.5. The molecule has 1 saturated carbocycles. The van der Waals surface area contributed by atoms with E-state index in [4.69, 9.17) is 4.74 Å². The van der Waals surface area contributed by atoms with Crippen LogP contribution in [0, 0.1) is 17.8 Å². The number of benzene rings is 2. The summed E-state index contributed by atoms with van der Waals surface area (Å²) in [6.07, 6.45) is 8.65. The molecule has 0 unspecified atom stereocenters. The standard InChI is InChI=1S/C27H37NO2/c1-3-30-27(29)24-12-14-28(15-13-24)19-23-9-11-25-17-22(8-10-26(25)18-23)16-21-6-4-20(2)5-7-21/h8-11,17-18,20-21,24H,3-7,12-16,19H2,1-2H3. The van der Waals surface area contributed by atoms with Crippen LogP contribution < -0.4 is 0 Å². The molecule has 1 saturated heterocycles. The van der Waals surface area contributed by atoms with Gasteiger partial charge in [0.2, 0.25) is 0 Å². The number of esters is 1. The van der Waals surface area contributed by atoms with E-state index in [1.54, 1.807) is 0 Å². The van der Waals surface area contributed by atoms with Crippen molar-refractivity contribution in [3.63, 3.8) is 0 Å². The Morgan fingerprint density at radius 3 is 2.23 bits per heavy atom. The Bertz CT molecular complexity index is 845. The fourth-order valence-corrected chi connectivity index (χ4v) is 5.28. The Kier molecular flexibility index (Phi) is 7.09. The highest BCUT2D eigenvalue weighted by Gasteiger charge is 2.26. The van der Waals surface area contributed by atoms with E-state index in [9.17, 15) is 4.79 Å². The Morgan fingerprint density at radius 1 is 0.933 bits per heavy atom. The van der Waals surface area contributed by atoms with Crippen molar-refractivity contribution in [1.82, 2.24) is 4.90 Å². The van der Waals surface area contributed by atoms with E-state index in [1.165, 1.54) is 54.0 Å². The van der Waals surface area contributed by atoms with Crippen molar-refractivity contribution in [3.8, 4) is 0 Å². The molecule has 3 heteroatoms. The number of piperidine rings is 1. The van der Waals surface area contributed by atoms with E-state index in [-0.39, 0.29) is 11.9 Å². The number of carbonyl (C=O) groups excluding carboxylic acids is 1. The van der Waals surface area contributed by atoms with Crippen molar-refractivity contribution in [2.24, 2.45) is 17.8 Å². The summed E-state index contributed by atoms with van der Waals surface area (Å²) < 4.78 is 5.19. The molecule has 1 aliphatic carbocycles. The van der Waals surface area contributed by atoms with E-state index in [1.807, 2.05) is 6.92 Å². The molecule has 0 spiro atoms. The van der Waals surface area contributed by atoms with Gasteiger partial charge in [-0.1, -0.05) is 50.1 Å². The second-order valence-electron chi connectivity index (χ2n) is 9.65. The van der Waals surface area contributed by atoms with Crippen LogP contribution >= 0.6 is 0 Å². The predicted octanol–water partition coefficient (Wildman–Crippen LogP) is 5.98. The van der Waals surface area contributed by atoms with Crippen molar-refractivity contribution in [1.29, 1.82) is 0 Å². The summed E-state index contributed by atoms with van der Waals surface area (Å²) in [5.74, 6) is 1.87. The number of rotatable bonds is 6. The fourth-order valence-electron chi connectivity index (χ4n) is 5.28. The number of carbonyl (C=O) groups is 1. The summed E-state index contributed by atoms with van der Waals surface area (Å²) in [6.45, 7) is 7.67. The van der Waals surface area contributed by atoms with Gasteiger partial charge in [0.15, 0.2) is 0 Å². The van der Waals surface area contributed by atoms with Crippen LogP contribution in [0.2, 0.25) is 0 Å². The Balaban J connectivity index is 1.33. The van der Waals surface area contributed by atoms with Crippen LogP contribution in [0.25, 0.3) is 10.8 Å². The van der Waals surface area contributed by atoms with Crippen molar-refractivity contribution >= 4 is 16.7 Å². The van der Waals surface area contributed by atoms with Crippen LogP contribution in [0.5, 0.6) is 0 Å². The van der Waals surface area contributed by atoms with Gasteiger partial charge in [0, 0.05) is 6.54 Å². The minimum atomic E-state index is -0.0126. The molecule has 2 aromatic carbocycles. The summed E-state index contributed by atoms with van der Waals surface area (Å²) in [5.41, 5.74) is 2.86. The molecule has 2 fully saturated rings. The summed E-state index contributed by atoms with van der Waals surface area (Å²) in [5, 5.41) is 2.70. The average Bonchev–Trinajstić information content (AvgIpc) is 2.76. The molecule has 2 aromatic rings. The molecule has 0 radical (unpaired) electrons. The molecular formula is C27H37NO2. The first kappa shape index (κ1) is 21.4. The van der Waals surface area contributed by atoms with Crippen molar-refractivity contribution in [2.75, 3.05) is 19.7 Å². The highest BCUT2D eigenvalue weighted by molar-refractivity contribution is 5.83. The molecule has 4 rings (SSSR count). The van der Waals surface area contributed by atoms with Gasteiger partial charge in [0.1, 0.15) is 0 Å². The van der Waals surface area contributed by atoms with Crippen LogP contribution in [0.4, 0.5) is 0 Å². The quantitative estimate of drug-likeness (QED) is 0.551. The molecule has 0 atom stereocenters. The number of ether oxygens (including phenoxy) is 1. The third kappa shape index (κ3) is 5.43. The number of nitrogens with zero attached hydrogens (tertiary/aromatic N) is 1. The first-order valence-corrected chi connectivity index (χ1v) is 12.0. The van der Waals surface area contributed by atoms with Gasteiger partial charge < -0.3 is 4.74 Å². The SMILES string of the molecule is CCOC(=O)C1CCN(Cc2ccc3cc(CC4CCC(C)CC4)ccc3c2)CC1. The van der Waals surface area contributed by atoms with E-state index in [0.717, 1.165) is 44.3 Å². The van der Waals surface area contributed by atoms with Crippen LogP contribution in [-0.4, -0.2) is 30.6 Å². The molecule has 0 aromatic heterocycles. The zero-order valence-electron chi connectivity index (χ0n) is 18.7. The molecule has 162 valence electrons. The molecule has 3 nitrogen and oxygen atoms in total. The van der Waals surface area contributed by atoms with E-state index in [0.29, 0.717) is 6.61 Å². The maximum absolute atomic E-state index is 11.9. The Morgan fingerprint density at radius 2 is 1.57 bits per heavy atom. The second kappa shape index (κ2) is 9.96. The number of hydrogen-bond acceptors (Lipinski definition) is 3. The maximum Gasteiger partial charge on any atom is 0.309 e. The average molecular weight is 408 g/mol. The lowest BCUT2D eigenvalue weighted by atomic mass is 9.80. The second-order valence-corrected chi connectivity index (χ2v) is 9.65. The third-order valence-corrected chi connectivity index (χ3v) is 7.24. The lowest BCUT2D eigenvalue weighted by Crippen LogP contribution is -2.36. The monoisotopic (exact) mass is 407 g/mol. The van der Waals surface area contributed by atoms with Gasteiger partial charge in [-0.2, -0.15) is 0 Å². The molecular weight excluding hydrogens is 370 g/mol. The third-order valence-electron chi connectivity index (χ3n) is 7.24. The Labute approximate surface area is 181 Å². The number of likely N-dealkylation sites (tertiary alicyclic amines) is 1. The summed E-state index contributed by atoms with van der Waals surface area (Å²) in [7, 11) is 0. The van der Waals surface area contributed by atoms with Gasteiger partial charge >= 0.3 is 5.97 Å². The molecule has 0 bridgehead atoms. The summed E-state index contributed by atoms with van der Waals surface area (Å²) in [4.78, 5) is 14.4. The van der Waals surface area contributed by atoms with Crippen molar-refractivity contribution < 1.29 is 9.53 Å². The van der Waals surface area contributed by atoms with Crippen molar-refractivity contribution in [2.45, 2.75) is 65.3 Å². The molecule has 30 heavy (non-hydrogen) atoms. The highest BCUT2D eigenvalue weighted by Crippen LogP contribution is 2.31. The van der Waals surface area contributed by atoms with Crippen LogP contribution in [0.3, 0.4) is 0 Å². The molecule has 1 aliphatic heterocycles. The van der Waals surface area contributed by atoms with Gasteiger partial charge in [-0.05, 0) is 91.9 Å². The lowest BCUT2D eigenvalue weighted by Gasteiger charge is -2.30. The van der Waals surface area contributed by atoms with Gasteiger partial charge in [0.25, 0.3) is 0 Å². The summed E-state index contributed by atoms with van der Waals surface area (Å²) >= 11 is 0. The maximum atomic E-state index is 11.9. The van der Waals surface area contributed by atoms with Gasteiger partial charge in [-0.3, -0.25) is 9.69 Å². The van der Waals surface area contributed by atoms with Crippen LogP contribution in [-0.2, 0) is 22.5 Å². The minimum Gasteiger partial charge on any atom is -0.466 e. The van der Waals surface area contributed by atoms with Gasteiger partial charge in [-0.15, -0.1) is 0 Å². The van der Waals surface area contributed by atoms with Crippen LogP contribution in [0.15, 0.2) is 36.4 Å². The fraction of sp³-hybridized carbons (Fsp3) is 0.593. The normalized spacial score (nSPS) is 23.5. The molecule has 0 N–H and O–H groups in total. The number of fused-ring (bicyclic) bond motifs is 1. The first-order valence-electron chi connectivity index (χ1n) is 12.0. The molecule has 2 aliphatic rings. The zero-order valence-corrected chi connectivity index (χ0v) is 18.7. The van der Waals surface area contributed by atoms with E-state index < -0.39 is 0 Å². The number of hydrogen-bond donors (Lipinski definition) is 0. The van der Waals surface area contributed by atoms with E-state index >= 15 is 0 Å². The van der Waals surface area contributed by atoms with E-state index in [2.05, 4.69) is 48.2 Å². The topological polar surface area (TPSA) is 29.5 Å². The van der Waals surface area contributed by atoms with Gasteiger partial charge in [-0.25, -0.2) is 0 Å². The predicted molar refractivity (Wildman–Crippen MR) is 123 cm³/mol. The molecule has 1 heterocycles. The minimum absolute atomic E-state index is 0.0126. The smallest absolute Gasteiger partial charge is 0.309 e. The summed E-state index contributed by atoms with van der Waals surface area (Å²) in [6, 6.07) is 14.0. The zero-order chi connectivity index (χ0) is 20.9. The Hall–Kier alpha value is -1.87. The first-order chi connectivity index (χ1) is 14.6. The molecule has 0 amide bonds. The lowest BCUT2D eigenvalue weighted by molar-refractivity contribution is -0.149. The van der Waals surface area contributed by atoms with Crippen LogP contribution in [0.1, 0.15) is 63.5 Å². The van der Waals surface area contributed by atoms with Gasteiger partial charge in [0.05, 0.1) is 12.5 Å². The van der Waals surface area contributed by atoms with Crippen molar-refractivity contribution in [3.05, 3.63) is 47.5 Å². The largest absolute Gasteiger partial charge is 0.466 e.